The Kier molecular flexibility index (Phi) is 5.12. The third-order valence-electron chi connectivity index (χ3n) is 4.16. The molecule has 1 unspecified atom stereocenters. The fourth-order valence-corrected chi connectivity index (χ4v) is 2.69. The predicted molar refractivity (Wildman–Crippen MR) is 81.7 cm³/mol. The maximum atomic E-state index is 6.36. The average Bonchev–Trinajstić information content (AvgIpc) is 3.37. The van der Waals surface area contributed by atoms with E-state index in [1.165, 1.54) is 18.4 Å². The number of benzene rings is 1. The van der Waals surface area contributed by atoms with Crippen LogP contribution in [0.15, 0.2) is 24.3 Å². The maximum absolute atomic E-state index is 6.36. The zero-order valence-electron chi connectivity index (χ0n) is 12.7. The summed E-state index contributed by atoms with van der Waals surface area (Å²) in [5, 5.41) is 3.59. The highest BCUT2D eigenvalue weighted by atomic mass is 16.5. The summed E-state index contributed by atoms with van der Waals surface area (Å²) in [7, 11) is 1.70. The quantitative estimate of drug-likeness (QED) is 0.838. The molecule has 1 aromatic rings. The summed E-state index contributed by atoms with van der Waals surface area (Å²) in [5.41, 5.74) is 1.19. The largest absolute Gasteiger partial charge is 0.497 e. The average molecular weight is 291 g/mol. The first-order valence-corrected chi connectivity index (χ1v) is 7.95. The zero-order chi connectivity index (χ0) is 14.5. The Morgan fingerprint density at radius 2 is 2.05 bits per heavy atom. The van der Waals surface area contributed by atoms with Gasteiger partial charge in [0, 0.05) is 25.8 Å². The fourth-order valence-electron chi connectivity index (χ4n) is 2.69. The van der Waals surface area contributed by atoms with Crippen molar-refractivity contribution >= 4 is 0 Å². The Labute approximate surface area is 126 Å². The Bertz CT molecular complexity index is 441. The normalized spacial score (nSPS) is 21.2. The molecule has 0 amide bonds. The lowest BCUT2D eigenvalue weighted by Gasteiger charge is -2.28. The molecule has 1 aromatic carbocycles. The molecule has 1 atom stereocenters. The van der Waals surface area contributed by atoms with Gasteiger partial charge < -0.3 is 19.5 Å². The van der Waals surface area contributed by atoms with E-state index in [1.807, 2.05) is 12.1 Å². The molecule has 1 N–H and O–H groups in total. The van der Waals surface area contributed by atoms with E-state index in [9.17, 15) is 0 Å². The molecule has 2 fully saturated rings. The summed E-state index contributed by atoms with van der Waals surface area (Å²) in [6, 6.07) is 8.91. The third kappa shape index (κ3) is 4.43. The molecule has 1 heterocycles. The number of hydrogen-bond acceptors (Lipinski definition) is 4. The zero-order valence-corrected chi connectivity index (χ0v) is 12.7. The van der Waals surface area contributed by atoms with Gasteiger partial charge in [0.15, 0.2) is 0 Å². The Morgan fingerprint density at radius 1 is 1.24 bits per heavy atom. The molecule has 4 nitrogen and oxygen atoms in total. The van der Waals surface area contributed by atoms with Crippen LogP contribution in [0.3, 0.4) is 0 Å². The number of methoxy groups -OCH3 is 1. The van der Waals surface area contributed by atoms with Gasteiger partial charge in [0.25, 0.3) is 0 Å². The first-order chi connectivity index (χ1) is 10.3. The Balaban J connectivity index is 1.66. The molecule has 21 heavy (non-hydrogen) atoms. The molecule has 1 aliphatic carbocycles. The van der Waals surface area contributed by atoms with E-state index in [-0.39, 0.29) is 6.10 Å². The monoisotopic (exact) mass is 291 g/mol. The lowest BCUT2D eigenvalue weighted by Crippen LogP contribution is -2.31. The molecule has 0 bridgehead atoms. The maximum Gasteiger partial charge on any atom is 0.119 e. The van der Waals surface area contributed by atoms with Crippen LogP contribution in [0, 0.1) is 0 Å². The minimum Gasteiger partial charge on any atom is -0.497 e. The van der Waals surface area contributed by atoms with Crippen molar-refractivity contribution < 1.29 is 14.2 Å². The van der Waals surface area contributed by atoms with Crippen molar-refractivity contribution in [2.45, 2.75) is 43.9 Å². The number of rotatable bonds is 7. The first kappa shape index (κ1) is 14.8. The van der Waals surface area contributed by atoms with Gasteiger partial charge in [-0.3, -0.25) is 0 Å². The molecule has 0 aromatic heterocycles. The van der Waals surface area contributed by atoms with Gasteiger partial charge in [-0.25, -0.2) is 0 Å². The topological polar surface area (TPSA) is 39.7 Å². The van der Waals surface area contributed by atoms with Gasteiger partial charge in [-0.15, -0.1) is 0 Å². The van der Waals surface area contributed by atoms with Crippen molar-refractivity contribution in [1.29, 1.82) is 0 Å². The molecule has 2 aliphatic rings. The van der Waals surface area contributed by atoms with Gasteiger partial charge in [-0.1, -0.05) is 12.1 Å². The minimum absolute atomic E-state index is 0.0869. The third-order valence-corrected chi connectivity index (χ3v) is 4.16. The van der Waals surface area contributed by atoms with E-state index in [0.29, 0.717) is 12.1 Å². The van der Waals surface area contributed by atoms with Crippen molar-refractivity contribution in [3.05, 3.63) is 29.8 Å². The molecule has 4 heteroatoms. The van der Waals surface area contributed by atoms with Crippen molar-refractivity contribution in [3.8, 4) is 5.75 Å². The van der Waals surface area contributed by atoms with Gasteiger partial charge in [-0.05, 0) is 43.4 Å². The van der Waals surface area contributed by atoms with Crippen LogP contribution in [-0.4, -0.2) is 39.0 Å². The van der Waals surface area contributed by atoms with Crippen molar-refractivity contribution in [2.24, 2.45) is 0 Å². The van der Waals surface area contributed by atoms with Crippen molar-refractivity contribution in [2.75, 3.05) is 26.9 Å². The van der Waals surface area contributed by atoms with Crippen LogP contribution in [-0.2, 0) is 9.47 Å². The van der Waals surface area contributed by atoms with Gasteiger partial charge >= 0.3 is 0 Å². The van der Waals surface area contributed by atoms with Crippen molar-refractivity contribution in [1.82, 2.24) is 5.32 Å². The second kappa shape index (κ2) is 7.25. The SMILES string of the molecule is COc1cccc(C(CNC2CC2)OC2CCOCC2)c1. The summed E-state index contributed by atoms with van der Waals surface area (Å²) < 4.78 is 17.1. The molecular weight excluding hydrogens is 266 g/mol. The summed E-state index contributed by atoms with van der Waals surface area (Å²) >= 11 is 0. The molecule has 0 radical (unpaired) electrons. The first-order valence-electron chi connectivity index (χ1n) is 7.95. The van der Waals surface area contributed by atoms with E-state index >= 15 is 0 Å². The van der Waals surface area contributed by atoms with E-state index in [0.717, 1.165) is 38.3 Å². The molecule has 1 saturated heterocycles. The van der Waals surface area contributed by atoms with Crippen LogP contribution in [0.4, 0.5) is 0 Å². The predicted octanol–water partition coefficient (Wildman–Crippen LogP) is 2.68. The number of nitrogens with one attached hydrogen (secondary N) is 1. The van der Waals surface area contributed by atoms with Crippen LogP contribution in [0.5, 0.6) is 5.75 Å². The molecule has 1 aliphatic heterocycles. The fraction of sp³-hybridized carbons (Fsp3) is 0.647. The summed E-state index contributed by atoms with van der Waals surface area (Å²) in [5.74, 6) is 0.888. The number of ether oxygens (including phenoxy) is 3. The molecule has 3 rings (SSSR count). The lowest BCUT2D eigenvalue weighted by atomic mass is 10.1. The van der Waals surface area contributed by atoms with E-state index < -0.39 is 0 Å². The highest BCUT2D eigenvalue weighted by molar-refractivity contribution is 5.30. The van der Waals surface area contributed by atoms with Gasteiger partial charge in [0.05, 0.1) is 19.3 Å². The molecule has 0 spiro atoms. The minimum atomic E-state index is 0.0869. The van der Waals surface area contributed by atoms with E-state index in [4.69, 9.17) is 14.2 Å². The van der Waals surface area contributed by atoms with Crippen LogP contribution in [0.1, 0.15) is 37.4 Å². The highest BCUT2D eigenvalue weighted by Gasteiger charge is 2.25. The van der Waals surface area contributed by atoms with Crippen molar-refractivity contribution in [3.63, 3.8) is 0 Å². The second-order valence-corrected chi connectivity index (χ2v) is 5.90. The van der Waals surface area contributed by atoms with E-state index in [1.54, 1.807) is 7.11 Å². The molecule has 116 valence electrons. The smallest absolute Gasteiger partial charge is 0.119 e. The number of hydrogen-bond donors (Lipinski definition) is 1. The van der Waals surface area contributed by atoms with Gasteiger partial charge in [0.2, 0.25) is 0 Å². The van der Waals surface area contributed by atoms with Crippen LogP contribution in [0.2, 0.25) is 0 Å². The summed E-state index contributed by atoms with van der Waals surface area (Å²) in [6.45, 7) is 2.49. The highest BCUT2D eigenvalue weighted by Crippen LogP contribution is 2.27. The van der Waals surface area contributed by atoms with E-state index in [2.05, 4.69) is 17.4 Å². The van der Waals surface area contributed by atoms with Crippen LogP contribution < -0.4 is 10.1 Å². The van der Waals surface area contributed by atoms with Gasteiger partial charge in [-0.2, -0.15) is 0 Å². The van der Waals surface area contributed by atoms with Crippen LogP contribution >= 0.6 is 0 Å². The molecule has 1 saturated carbocycles. The summed E-state index contributed by atoms with van der Waals surface area (Å²) in [6.07, 6.45) is 4.96. The lowest BCUT2D eigenvalue weighted by molar-refractivity contribution is -0.0690. The summed E-state index contributed by atoms with van der Waals surface area (Å²) in [4.78, 5) is 0. The molecular formula is C17H25NO3. The second-order valence-electron chi connectivity index (χ2n) is 5.90. The Morgan fingerprint density at radius 3 is 2.76 bits per heavy atom. The van der Waals surface area contributed by atoms with Gasteiger partial charge in [0.1, 0.15) is 5.75 Å². The van der Waals surface area contributed by atoms with Crippen LogP contribution in [0.25, 0.3) is 0 Å². The standard InChI is InChI=1S/C17H25NO3/c1-19-16-4-2-3-13(11-16)17(12-18-14-5-6-14)21-15-7-9-20-10-8-15/h2-4,11,14-15,17-18H,5-10,12H2,1H3. The Hall–Kier alpha value is -1.10.